The molecule has 1 saturated carbocycles. The number of ether oxygens (including phenoxy) is 1. The van der Waals surface area contributed by atoms with Gasteiger partial charge in [0.15, 0.2) is 0 Å². The molecule has 3 rings (SSSR count). The lowest BCUT2D eigenvalue weighted by Crippen LogP contribution is -2.40. The highest BCUT2D eigenvalue weighted by molar-refractivity contribution is 5.79. The number of nitrogens with one attached hydrogen (secondary N) is 2. The monoisotopic (exact) mass is 299 g/mol. The van der Waals surface area contributed by atoms with Crippen LogP contribution in [0.5, 0.6) is 0 Å². The first-order chi connectivity index (χ1) is 10.7. The Labute approximate surface area is 130 Å². The number of hydrogen-bond acceptors (Lipinski definition) is 3. The number of fused-ring (bicyclic) bond motifs is 1. The van der Waals surface area contributed by atoms with Crippen molar-refractivity contribution in [2.24, 2.45) is 0 Å². The molecule has 0 aliphatic heterocycles. The van der Waals surface area contributed by atoms with Crippen molar-refractivity contribution in [1.29, 1.82) is 0 Å². The van der Waals surface area contributed by atoms with Gasteiger partial charge in [-0.3, -0.25) is 4.98 Å². The lowest BCUT2D eigenvalue weighted by Gasteiger charge is -2.14. The van der Waals surface area contributed by atoms with Crippen molar-refractivity contribution in [3.8, 4) is 0 Å². The van der Waals surface area contributed by atoms with E-state index in [-0.39, 0.29) is 18.2 Å². The van der Waals surface area contributed by atoms with Gasteiger partial charge in [0, 0.05) is 31.3 Å². The third-order valence-electron chi connectivity index (χ3n) is 4.17. The van der Waals surface area contributed by atoms with Crippen LogP contribution in [0.15, 0.2) is 36.5 Å². The SMILES string of the molecule is CO[C@H]1CC[C@@H](NC(=O)NCc2ccc3ncccc3c2)C1. The zero-order chi connectivity index (χ0) is 15.4. The summed E-state index contributed by atoms with van der Waals surface area (Å²) >= 11 is 0. The number of nitrogens with zero attached hydrogens (tertiary/aromatic N) is 1. The zero-order valence-corrected chi connectivity index (χ0v) is 12.7. The van der Waals surface area contributed by atoms with Gasteiger partial charge in [-0.25, -0.2) is 4.79 Å². The molecule has 0 unspecified atom stereocenters. The number of rotatable bonds is 4. The first-order valence-corrected chi connectivity index (χ1v) is 7.65. The van der Waals surface area contributed by atoms with E-state index in [4.69, 9.17) is 4.74 Å². The van der Waals surface area contributed by atoms with Crippen molar-refractivity contribution in [2.45, 2.75) is 38.0 Å². The second kappa shape index (κ2) is 6.75. The summed E-state index contributed by atoms with van der Waals surface area (Å²) in [6, 6.07) is 10.1. The summed E-state index contributed by atoms with van der Waals surface area (Å²) in [6.45, 7) is 0.511. The van der Waals surface area contributed by atoms with Gasteiger partial charge in [-0.05, 0) is 43.0 Å². The third-order valence-corrected chi connectivity index (χ3v) is 4.17. The van der Waals surface area contributed by atoms with Crippen LogP contribution in [0.25, 0.3) is 10.9 Å². The van der Waals surface area contributed by atoms with Crippen LogP contribution in [0.3, 0.4) is 0 Å². The van der Waals surface area contributed by atoms with Gasteiger partial charge in [0.1, 0.15) is 0 Å². The Hall–Kier alpha value is -2.14. The van der Waals surface area contributed by atoms with Gasteiger partial charge < -0.3 is 15.4 Å². The molecule has 1 aliphatic rings. The van der Waals surface area contributed by atoms with Crippen LogP contribution in [-0.4, -0.2) is 30.3 Å². The van der Waals surface area contributed by atoms with E-state index in [1.165, 1.54) is 0 Å². The summed E-state index contributed by atoms with van der Waals surface area (Å²) in [6.07, 6.45) is 4.94. The lowest BCUT2D eigenvalue weighted by atomic mass is 10.1. The van der Waals surface area contributed by atoms with E-state index in [1.54, 1.807) is 13.3 Å². The zero-order valence-electron chi connectivity index (χ0n) is 12.7. The molecule has 116 valence electrons. The van der Waals surface area contributed by atoms with Crippen LogP contribution < -0.4 is 10.6 Å². The standard InChI is InChI=1S/C17H21N3O2/c1-22-15-6-5-14(10-15)20-17(21)19-11-12-4-7-16-13(9-12)3-2-8-18-16/h2-4,7-9,14-15H,5-6,10-11H2,1H3,(H2,19,20,21)/t14-,15+/m1/s1. The molecule has 1 heterocycles. The molecule has 2 aromatic rings. The fourth-order valence-corrected chi connectivity index (χ4v) is 2.94. The van der Waals surface area contributed by atoms with Crippen LogP contribution in [0.1, 0.15) is 24.8 Å². The smallest absolute Gasteiger partial charge is 0.315 e. The summed E-state index contributed by atoms with van der Waals surface area (Å²) in [5.74, 6) is 0. The topological polar surface area (TPSA) is 63.2 Å². The quantitative estimate of drug-likeness (QED) is 0.912. The van der Waals surface area contributed by atoms with Crippen molar-refractivity contribution in [1.82, 2.24) is 15.6 Å². The van der Waals surface area contributed by atoms with Crippen molar-refractivity contribution in [3.05, 3.63) is 42.1 Å². The Balaban J connectivity index is 1.51. The Morgan fingerprint density at radius 3 is 3.09 bits per heavy atom. The van der Waals surface area contributed by atoms with Gasteiger partial charge in [-0.1, -0.05) is 12.1 Å². The Kier molecular flexibility index (Phi) is 4.53. The second-order valence-electron chi connectivity index (χ2n) is 5.73. The van der Waals surface area contributed by atoms with E-state index in [0.717, 1.165) is 35.7 Å². The molecular weight excluding hydrogens is 278 g/mol. The van der Waals surface area contributed by atoms with Crippen LogP contribution in [0.4, 0.5) is 4.79 Å². The van der Waals surface area contributed by atoms with Gasteiger partial charge in [0.2, 0.25) is 0 Å². The van der Waals surface area contributed by atoms with E-state index in [2.05, 4.69) is 21.7 Å². The summed E-state index contributed by atoms with van der Waals surface area (Å²) in [5.41, 5.74) is 2.03. The molecule has 1 aromatic carbocycles. The Morgan fingerprint density at radius 1 is 1.36 bits per heavy atom. The van der Waals surface area contributed by atoms with Gasteiger partial charge in [-0.2, -0.15) is 0 Å². The van der Waals surface area contributed by atoms with Gasteiger partial charge in [0.05, 0.1) is 11.6 Å². The fourth-order valence-electron chi connectivity index (χ4n) is 2.94. The molecular formula is C17H21N3O2. The Bertz CT molecular complexity index is 659. The summed E-state index contributed by atoms with van der Waals surface area (Å²) in [5, 5.41) is 7.00. The molecule has 5 nitrogen and oxygen atoms in total. The van der Waals surface area contributed by atoms with Crippen molar-refractivity contribution in [3.63, 3.8) is 0 Å². The number of pyridine rings is 1. The van der Waals surface area contributed by atoms with Gasteiger partial charge in [-0.15, -0.1) is 0 Å². The average molecular weight is 299 g/mol. The molecule has 22 heavy (non-hydrogen) atoms. The van der Waals surface area contributed by atoms with Crippen LogP contribution in [-0.2, 0) is 11.3 Å². The molecule has 2 N–H and O–H groups in total. The predicted octanol–water partition coefficient (Wildman–Crippen LogP) is 2.60. The summed E-state index contributed by atoms with van der Waals surface area (Å²) < 4.78 is 5.32. The van der Waals surface area contributed by atoms with Crippen LogP contribution in [0.2, 0.25) is 0 Å². The van der Waals surface area contributed by atoms with Gasteiger partial charge >= 0.3 is 6.03 Å². The largest absolute Gasteiger partial charge is 0.381 e. The number of urea groups is 1. The van der Waals surface area contributed by atoms with E-state index in [9.17, 15) is 4.79 Å². The van der Waals surface area contributed by atoms with E-state index >= 15 is 0 Å². The number of hydrogen-bond donors (Lipinski definition) is 2. The summed E-state index contributed by atoms with van der Waals surface area (Å²) in [7, 11) is 1.72. The van der Waals surface area contributed by atoms with E-state index in [1.807, 2.05) is 24.3 Å². The molecule has 0 bridgehead atoms. The second-order valence-corrected chi connectivity index (χ2v) is 5.73. The number of amides is 2. The fraction of sp³-hybridized carbons (Fsp3) is 0.412. The number of carbonyl (C=O) groups excluding carboxylic acids is 1. The number of aromatic nitrogens is 1. The highest BCUT2D eigenvalue weighted by Gasteiger charge is 2.25. The Morgan fingerprint density at radius 2 is 2.27 bits per heavy atom. The van der Waals surface area contributed by atoms with Crippen LogP contribution in [0, 0.1) is 0 Å². The maximum atomic E-state index is 12.0. The lowest BCUT2D eigenvalue weighted by molar-refractivity contribution is 0.107. The molecule has 0 spiro atoms. The molecule has 1 aliphatic carbocycles. The molecule has 5 heteroatoms. The minimum atomic E-state index is -0.118. The normalized spacial score (nSPS) is 21.0. The molecule has 0 saturated heterocycles. The van der Waals surface area contributed by atoms with Crippen LogP contribution >= 0.6 is 0 Å². The predicted molar refractivity (Wildman–Crippen MR) is 85.6 cm³/mol. The highest BCUT2D eigenvalue weighted by atomic mass is 16.5. The molecule has 2 atom stereocenters. The minimum Gasteiger partial charge on any atom is -0.381 e. The first kappa shape index (κ1) is 14.8. The maximum absolute atomic E-state index is 12.0. The average Bonchev–Trinajstić information content (AvgIpc) is 3.00. The molecule has 1 aromatic heterocycles. The van der Waals surface area contributed by atoms with E-state index < -0.39 is 0 Å². The highest BCUT2D eigenvalue weighted by Crippen LogP contribution is 2.21. The van der Waals surface area contributed by atoms with Crippen molar-refractivity contribution >= 4 is 16.9 Å². The number of benzene rings is 1. The maximum Gasteiger partial charge on any atom is 0.315 e. The minimum absolute atomic E-state index is 0.118. The van der Waals surface area contributed by atoms with Crippen molar-refractivity contribution < 1.29 is 9.53 Å². The summed E-state index contributed by atoms with van der Waals surface area (Å²) in [4.78, 5) is 16.2. The van der Waals surface area contributed by atoms with Gasteiger partial charge in [0.25, 0.3) is 0 Å². The molecule has 0 radical (unpaired) electrons. The number of methoxy groups -OCH3 is 1. The van der Waals surface area contributed by atoms with E-state index in [0.29, 0.717) is 6.54 Å². The molecule has 2 amide bonds. The molecule has 1 fully saturated rings. The first-order valence-electron chi connectivity index (χ1n) is 7.65. The van der Waals surface area contributed by atoms with Crippen molar-refractivity contribution in [2.75, 3.05) is 7.11 Å². The third kappa shape index (κ3) is 3.54. The number of carbonyl (C=O) groups is 1.